The van der Waals surface area contributed by atoms with Crippen LogP contribution in [0.2, 0.25) is 0 Å². The van der Waals surface area contributed by atoms with Gasteiger partial charge in [0.15, 0.2) is 5.82 Å². The smallest absolute Gasteiger partial charge is 0.153 e. The summed E-state index contributed by atoms with van der Waals surface area (Å²) in [7, 11) is 0. The number of aryl methyl sites for hydroxylation is 1. The van der Waals surface area contributed by atoms with Crippen LogP contribution in [0.5, 0.6) is 0 Å². The molecule has 0 radical (unpaired) electrons. The fourth-order valence-electron chi connectivity index (χ4n) is 2.51. The zero-order chi connectivity index (χ0) is 13.8. The van der Waals surface area contributed by atoms with Crippen LogP contribution in [-0.2, 0) is 6.42 Å². The minimum absolute atomic E-state index is 0.542. The zero-order valence-electron chi connectivity index (χ0n) is 11.7. The Bertz CT molecular complexity index is 542. The van der Waals surface area contributed by atoms with E-state index in [4.69, 9.17) is 11.5 Å². The van der Waals surface area contributed by atoms with Crippen LogP contribution in [0.4, 0.5) is 11.5 Å². The Balaban J connectivity index is 2.15. The lowest BCUT2D eigenvalue weighted by atomic mass is 10.0. The first-order valence-electron chi connectivity index (χ1n) is 6.90. The van der Waals surface area contributed by atoms with Gasteiger partial charge in [-0.2, -0.15) is 5.10 Å². The Kier molecular flexibility index (Phi) is 4.27. The summed E-state index contributed by atoms with van der Waals surface area (Å²) in [6.07, 6.45) is 2.01. The Labute approximate surface area is 114 Å². The van der Waals surface area contributed by atoms with E-state index in [9.17, 15) is 0 Å². The number of nitrogens with zero attached hydrogens (tertiary/aromatic N) is 2. The van der Waals surface area contributed by atoms with Crippen LogP contribution >= 0.6 is 0 Å². The Morgan fingerprint density at radius 2 is 1.95 bits per heavy atom. The van der Waals surface area contributed by atoms with Crippen LogP contribution in [-0.4, -0.2) is 34.7 Å². The molecule has 2 rings (SSSR count). The molecule has 0 aliphatic carbocycles. The summed E-state index contributed by atoms with van der Waals surface area (Å²) in [6, 6.07) is 3.86. The molecule has 0 unspecified atom stereocenters. The summed E-state index contributed by atoms with van der Waals surface area (Å²) in [6.45, 7) is 7.63. The van der Waals surface area contributed by atoms with E-state index in [1.165, 1.54) is 0 Å². The van der Waals surface area contributed by atoms with Crippen molar-refractivity contribution in [2.45, 2.75) is 26.7 Å². The number of rotatable bonds is 6. The normalized spacial score (nSPS) is 11.5. The van der Waals surface area contributed by atoms with Gasteiger partial charge in [-0.3, -0.25) is 5.10 Å². The molecule has 19 heavy (non-hydrogen) atoms. The first kappa shape index (κ1) is 13.7. The molecule has 0 fully saturated rings. The van der Waals surface area contributed by atoms with Crippen LogP contribution < -0.4 is 11.5 Å². The number of benzene rings is 1. The highest BCUT2D eigenvalue weighted by molar-refractivity contribution is 5.94. The van der Waals surface area contributed by atoms with Gasteiger partial charge < -0.3 is 16.4 Å². The van der Waals surface area contributed by atoms with Crippen molar-refractivity contribution in [1.29, 1.82) is 0 Å². The van der Waals surface area contributed by atoms with Crippen molar-refractivity contribution in [3.63, 3.8) is 0 Å². The lowest BCUT2D eigenvalue weighted by Crippen LogP contribution is -2.24. The number of hydrogen-bond acceptors (Lipinski definition) is 4. The van der Waals surface area contributed by atoms with Crippen LogP contribution in [0.1, 0.15) is 25.8 Å². The maximum atomic E-state index is 6.09. The minimum Gasteiger partial charge on any atom is -0.398 e. The molecular formula is C14H23N5. The number of anilines is 2. The molecule has 5 N–H and O–H groups in total. The molecule has 2 aromatic rings. The number of aromatic nitrogens is 2. The third-order valence-corrected chi connectivity index (χ3v) is 3.70. The summed E-state index contributed by atoms with van der Waals surface area (Å²) in [5, 5.41) is 7.98. The van der Waals surface area contributed by atoms with E-state index in [-0.39, 0.29) is 0 Å². The number of H-pyrrole nitrogens is 1. The maximum absolute atomic E-state index is 6.09. The highest BCUT2D eigenvalue weighted by Gasteiger charge is 2.11. The standard InChI is InChI=1S/C14H23N5/c1-3-19(4-2)9-5-6-10-11(15)7-8-12-13(10)14(16)18-17-12/h7-8H,3-6,9,15H2,1-2H3,(H3,16,17,18). The predicted octanol–water partition coefficient (Wildman–Crippen LogP) is 2.00. The molecule has 1 aromatic heterocycles. The average molecular weight is 261 g/mol. The minimum atomic E-state index is 0.542. The highest BCUT2D eigenvalue weighted by Crippen LogP contribution is 2.28. The van der Waals surface area contributed by atoms with E-state index in [1.807, 2.05) is 12.1 Å². The highest BCUT2D eigenvalue weighted by atomic mass is 15.2. The van der Waals surface area contributed by atoms with E-state index in [1.54, 1.807) is 0 Å². The van der Waals surface area contributed by atoms with Crippen molar-refractivity contribution in [2.24, 2.45) is 0 Å². The molecule has 0 amide bonds. The fraction of sp³-hybridized carbons (Fsp3) is 0.500. The van der Waals surface area contributed by atoms with Crippen LogP contribution in [0.3, 0.4) is 0 Å². The third kappa shape index (κ3) is 2.81. The van der Waals surface area contributed by atoms with Gasteiger partial charge in [0, 0.05) is 11.1 Å². The van der Waals surface area contributed by atoms with Crippen molar-refractivity contribution in [1.82, 2.24) is 15.1 Å². The molecule has 0 aliphatic heterocycles. The second-order valence-corrected chi connectivity index (χ2v) is 4.80. The number of nitrogens with two attached hydrogens (primary N) is 2. The van der Waals surface area contributed by atoms with Gasteiger partial charge in [-0.1, -0.05) is 13.8 Å². The number of fused-ring (bicyclic) bond motifs is 1. The Morgan fingerprint density at radius 3 is 2.63 bits per heavy atom. The molecule has 0 atom stereocenters. The molecule has 0 spiro atoms. The summed E-state index contributed by atoms with van der Waals surface area (Å²) < 4.78 is 0. The van der Waals surface area contributed by atoms with Crippen LogP contribution in [0.25, 0.3) is 10.9 Å². The summed E-state index contributed by atoms with van der Waals surface area (Å²) in [4.78, 5) is 2.41. The van der Waals surface area contributed by atoms with Crippen molar-refractivity contribution >= 4 is 22.4 Å². The summed E-state index contributed by atoms with van der Waals surface area (Å²) in [5.41, 5.74) is 14.9. The molecular weight excluding hydrogens is 238 g/mol. The summed E-state index contributed by atoms with van der Waals surface area (Å²) in [5.74, 6) is 0.542. The number of nitrogens with one attached hydrogen (secondary N) is 1. The topological polar surface area (TPSA) is 84.0 Å². The van der Waals surface area contributed by atoms with Gasteiger partial charge in [0.25, 0.3) is 0 Å². The third-order valence-electron chi connectivity index (χ3n) is 3.70. The molecule has 5 heteroatoms. The average Bonchev–Trinajstić information content (AvgIpc) is 2.79. The molecule has 1 heterocycles. The van der Waals surface area contributed by atoms with Gasteiger partial charge in [-0.05, 0) is 50.2 Å². The van der Waals surface area contributed by atoms with Crippen molar-refractivity contribution in [3.8, 4) is 0 Å². The van der Waals surface area contributed by atoms with Gasteiger partial charge >= 0.3 is 0 Å². The molecule has 1 aromatic carbocycles. The monoisotopic (exact) mass is 261 g/mol. The van der Waals surface area contributed by atoms with Crippen molar-refractivity contribution < 1.29 is 0 Å². The van der Waals surface area contributed by atoms with E-state index in [2.05, 4.69) is 28.9 Å². The van der Waals surface area contributed by atoms with Crippen molar-refractivity contribution in [2.75, 3.05) is 31.1 Å². The van der Waals surface area contributed by atoms with Crippen molar-refractivity contribution in [3.05, 3.63) is 17.7 Å². The first-order valence-corrected chi connectivity index (χ1v) is 6.90. The molecule has 0 saturated carbocycles. The lowest BCUT2D eigenvalue weighted by molar-refractivity contribution is 0.300. The fourth-order valence-corrected chi connectivity index (χ4v) is 2.51. The van der Waals surface area contributed by atoms with E-state index < -0.39 is 0 Å². The van der Waals surface area contributed by atoms with Crippen LogP contribution in [0.15, 0.2) is 12.1 Å². The van der Waals surface area contributed by atoms with Gasteiger partial charge in [0.1, 0.15) is 0 Å². The Morgan fingerprint density at radius 1 is 1.21 bits per heavy atom. The van der Waals surface area contributed by atoms with E-state index in [0.717, 1.165) is 54.6 Å². The van der Waals surface area contributed by atoms with Gasteiger partial charge in [0.05, 0.1) is 5.52 Å². The van der Waals surface area contributed by atoms with Gasteiger partial charge in [-0.25, -0.2) is 0 Å². The quantitative estimate of drug-likeness (QED) is 0.694. The number of hydrogen-bond donors (Lipinski definition) is 3. The van der Waals surface area contributed by atoms with E-state index >= 15 is 0 Å². The molecule has 0 bridgehead atoms. The molecule has 104 valence electrons. The number of aromatic amines is 1. The molecule has 0 aliphatic rings. The molecule has 0 saturated heterocycles. The maximum Gasteiger partial charge on any atom is 0.153 e. The first-order chi connectivity index (χ1) is 9.17. The largest absolute Gasteiger partial charge is 0.398 e. The lowest BCUT2D eigenvalue weighted by Gasteiger charge is -2.18. The zero-order valence-corrected chi connectivity index (χ0v) is 11.7. The predicted molar refractivity (Wildman–Crippen MR) is 81.0 cm³/mol. The SMILES string of the molecule is CCN(CC)CCCc1c(N)ccc2[nH]nc(N)c12. The van der Waals surface area contributed by atoms with Crippen LogP contribution in [0, 0.1) is 0 Å². The second-order valence-electron chi connectivity index (χ2n) is 4.80. The second kappa shape index (κ2) is 5.93. The van der Waals surface area contributed by atoms with Gasteiger partial charge in [0.2, 0.25) is 0 Å². The van der Waals surface area contributed by atoms with Gasteiger partial charge in [-0.15, -0.1) is 0 Å². The number of nitrogen functional groups attached to an aromatic ring is 2. The summed E-state index contributed by atoms with van der Waals surface area (Å²) >= 11 is 0. The molecule has 5 nitrogen and oxygen atoms in total. The Hall–Kier alpha value is -1.75. The van der Waals surface area contributed by atoms with E-state index in [0.29, 0.717) is 5.82 Å².